The molecule has 0 unspecified atom stereocenters. The van der Waals surface area contributed by atoms with E-state index in [1.165, 1.54) is 0 Å². The van der Waals surface area contributed by atoms with Gasteiger partial charge in [-0.25, -0.2) is 9.97 Å². The number of hydrogen-bond donors (Lipinski definition) is 3. The summed E-state index contributed by atoms with van der Waals surface area (Å²) >= 11 is 13.0. The first-order chi connectivity index (χ1) is 18.4. The van der Waals surface area contributed by atoms with Crippen molar-refractivity contribution >= 4 is 57.9 Å². The zero-order chi connectivity index (χ0) is 26.8. The van der Waals surface area contributed by atoms with Crippen LogP contribution < -0.4 is 16.4 Å². The van der Waals surface area contributed by atoms with Crippen molar-refractivity contribution in [3.63, 3.8) is 0 Å². The third-order valence-electron chi connectivity index (χ3n) is 7.59. The van der Waals surface area contributed by atoms with E-state index in [9.17, 15) is 10.1 Å². The quantitative estimate of drug-likeness (QED) is 0.375. The van der Waals surface area contributed by atoms with Gasteiger partial charge in [-0.1, -0.05) is 30.1 Å². The number of aromatic nitrogens is 4. The van der Waals surface area contributed by atoms with Crippen LogP contribution in [0.1, 0.15) is 57.1 Å². The number of benzene rings is 1. The number of nitrogens with zero attached hydrogens (tertiary/aromatic N) is 6. The first-order valence-electron chi connectivity index (χ1n) is 13.1. The van der Waals surface area contributed by atoms with Crippen LogP contribution in [0.2, 0.25) is 10.0 Å². The number of nitrogens with one attached hydrogen (secondary N) is 2. The topological polar surface area (TPSA) is 138 Å². The molecule has 5 rings (SSSR count). The molecule has 4 N–H and O–H groups in total. The maximum absolute atomic E-state index is 11.8. The molecule has 1 aromatic carbocycles. The molecule has 0 bridgehead atoms. The molecule has 2 fully saturated rings. The third-order valence-corrected chi connectivity index (χ3v) is 8.19. The number of nitrogens with two attached hydrogens (primary N) is 1. The summed E-state index contributed by atoms with van der Waals surface area (Å²) in [6, 6.07) is 5.50. The second-order valence-corrected chi connectivity index (χ2v) is 10.9. The molecule has 1 aliphatic carbocycles. The lowest BCUT2D eigenvalue weighted by molar-refractivity contribution is -0.122. The van der Waals surface area contributed by atoms with Gasteiger partial charge in [-0.2, -0.15) is 10.2 Å². The Bertz CT molecular complexity index is 1350. The minimum absolute atomic E-state index is 0.0436. The summed E-state index contributed by atoms with van der Waals surface area (Å²) in [7, 11) is 0. The largest absolute Gasteiger partial charge is 0.369 e. The lowest BCUT2D eigenvalue weighted by Gasteiger charge is -2.32. The van der Waals surface area contributed by atoms with Gasteiger partial charge in [-0.15, -0.1) is 0 Å². The maximum Gasteiger partial charge on any atom is 0.225 e. The standard InChI is InChI=1S/C26H31Cl2N9O/c1-2-36-9-3-4-17(14-36)32-25-31-13-21-24(35-25)37(18-7-5-16(6-8-18)23(30)38)26(33-21)34-22-19(27)10-15(12-29)11-20(22)28/h10-11,13,16-18H,2-9,14H2,1H3,(H2,30,38)(H,33,34)(H,31,32,35)/t16-,17-,18+/m1/s1. The van der Waals surface area contributed by atoms with Crippen molar-refractivity contribution in [1.82, 2.24) is 24.4 Å². The molecule has 0 spiro atoms. The number of amides is 1. The average Bonchev–Trinajstić information content (AvgIpc) is 3.28. The highest BCUT2D eigenvalue weighted by Gasteiger charge is 2.30. The Hall–Kier alpha value is -3.13. The second-order valence-electron chi connectivity index (χ2n) is 10.0. The van der Waals surface area contributed by atoms with E-state index >= 15 is 0 Å². The summed E-state index contributed by atoms with van der Waals surface area (Å²) in [6.45, 7) is 5.27. The molecule has 1 amide bonds. The van der Waals surface area contributed by atoms with E-state index in [2.05, 4.69) is 38.1 Å². The average molecular weight is 557 g/mol. The van der Waals surface area contributed by atoms with Crippen LogP contribution in [0, 0.1) is 17.2 Å². The highest BCUT2D eigenvalue weighted by Crippen LogP contribution is 2.39. The van der Waals surface area contributed by atoms with Crippen LogP contribution in [-0.2, 0) is 4.79 Å². The van der Waals surface area contributed by atoms with Crippen LogP contribution in [0.3, 0.4) is 0 Å². The summed E-state index contributed by atoms with van der Waals surface area (Å²) in [5.41, 5.74) is 7.74. The minimum Gasteiger partial charge on any atom is -0.369 e. The van der Waals surface area contributed by atoms with E-state index in [0.29, 0.717) is 57.2 Å². The first-order valence-corrected chi connectivity index (χ1v) is 13.8. The number of imidazole rings is 1. The molecule has 0 radical (unpaired) electrons. The molecule has 3 heterocycles. The van der Waals surface area contributed by atoms with Gasteiger partial charge in [0.2, 0.25) is 17.8 Å². The minimum atomic E-state index is -0.254. The van der Waals surface area contributed by atoms with Gasteiger partial charge in [0, 0.05) is 24.5 Å². The summed E-state index contributed by atoms with van der Waals surface area (Å²) in [4.78, 5) is 28.5. The predicted octanol–water partition coefficient (Wildman–Crippen LogP) is 4.86. The molecule has 1 saturated carbocycles. The number of likely N-dealkylation sites (tertiary alicyclic amines) is 1. The lowest BCUT2D eigenvalue weighted by Crippen LogP contribution is -2.42. The van der Waals surface area contributed by atoms with Gasteiger partial charge in [0.05, 0.1) is 33.6 Å². The van der Waals surface area contributed by atoms with Gasteiger partial charge < -0.3 is 21.3 Å². The van der Waals surface area contributed by atoms with Gasteiger partial charge in [0.1, 0.15) is 5.52 Å². The van der Waals surface area contributed by atoms with Crippen molar-refractivity contribution < 1.29 is 4.79 Å². The van der Waals surface area contributed by atoms with Crippen molar-refractivity contribution in [2.75, 3.05) is 30.3 Å². The van der Waals surface area contributed by atoms with Crippen molar-refractivity contribution in [3.05, 3.63) is 33.9 Å². The second kappa shape index (κ2) is 11.3. The van der Waals surface area contributed by atoms with Crippen molar-refractivity contribution in [2.24, 2.45) is 11.7 Å². The molecule has 200 valence electrons. The molecule has 2 aliphatic rings. The van der Waals surface area contributed by atoms with Crippen molar-refractivity contribution in [1.29, 1.82) is 5.26 Å². The summed E-state index contributed by atoms with van der Waals surface area (Å²) in [5.74, 6) is 0.709. The Morgan fingerprint density at radius 2 is 1.92 bits per heavy atom. The van der Waals surface area contributed by atoms with Crippen LogP contribution in [0.15, 0.2) is 18.3 Å². The molecule has 12 heteroatoms. The van der Waals surface area contributed by atoms with Crippen LogP contribution >= 0.6 is 23.2 Å². The van der Waals surface area contributed by atoms with Gasteiger partial charge in [-0.05, 0) is 63.7 Å². The zero-order valence-corrected chi connectivity index (χ0v) is 22.8. The SMILES string of the molecule is CCN1CCC[C@@H](Nc2ncc3nc(Nc4c(Cl)cc(C#N)cc4Cl)n([C@H]4CC[C@@H](C(N)=O)CC4)c3n2)C1. The number of fused-ring (bicyclic) bond motifs is 1. The van der Waals surface area contributed by atoms with Crippen LogP contribution in [-0.4, -0.2) is 56.0 Å². The van der Waals surface area contributed by atoms with Crippen molar-refractivity contribution in [3.8, 4) is 6.07 Å². The number of anilines is 3. The smallest absolute Gasteiger partial charge is 0.225 e. The summed E-state index contributed by atoms with van der Waals surface area (Å²) in [5, 5.41) is 16.7. The van der Waals surface area contributed by atoms with Crippen LogP contribution in [0.5, 0.6) is 0 Å². The Morgan fingerprint density at radius 1 is 1.18 bits per heavy atom. The third kappa shape index (κ3) is 5.51. The summed E-state index contributed by atoms with van der Waals surface area (Å²) < 4.78 is 2.06. The molecule has 1 aliphatic heterocycles. The molecule has 1 atom stereocenters. The number of rotatable bonds is 7. The highest BCUT2D eigenvalue weighted by atomic mass is 35.5. The Labute approximate surface area is 231 Å². The number of hydrogen-bond acceptors (Lipinski definition) is 8. The molecule has 38 heavy (non-hydrogen) atoms. The van der Waals surface area contributed by atoms with E-state index in [4.69, 9.17) is 38.9 Å². The number of carbonyl (C=O) groups is 1. The van der Waals surface area contributed by atoms with Crippen LogP contribution in [0.4, 0.5) is 17.6 Å². The van der Waals surface area contributed by atoms with E-state index in [-0.39, 0.29) is 23.9 Å². The van der Waals surface area contributed by atoms with E-state index < -0.39 is 0 Å². The number of halogens is 2. The van der Waals surface area contributed by atoms with E-state index in [0.717, 1.165) is 45.3 Å². The van der Waals surface area contributed by atoms with Gasteiger partial charge in [-0.3, -0.25) is 9.36 Å². The molecule has 3 aromatic rings. The number of carbonyl (C=O) groups excluding carboxylic acids is 1. The highest BCUT2D eigenvalue weighted by molar-refractivity contribution is 6.39. The monoisotopic (exact) mass is 555 g/mol. The van der Waals surface area contributed by atoms with Gasteiger partial charge in [0.15, 0.2) is 5.65 Å². The molecule has 2 aromatic heterocycles. The molecular formula is C26H31Cl2N9O. The lowest BCUT2D eigenvalue weighted by atomic mass is 9.85. The van der Waals surface area contributed by atoms with E-state index in [1.54, 1.807) is 18.3 Å². The fourth-order valence-electron chi connectivity index (χ4n) is 5.53. The van der Waals surface area contributed by atoms with Crippen molar-refractivity contribution in [2.45, 2.75) is 57.5 Å². The Kier molecular flexibility index (Phi) is 7.88. The van der Waals surface area contributed by atoms with Gasteiger partial charge >= 0.3 is 0 Å². The Morgan fingerprint density at radius 3 is 2.58 bits per heavy atom. The number of piperidine rings is 1. The molecule has 1 saturated heterocycles. The number of likely N-dealkylation sites (N-methyl/N-ethyl adjacent to an activating group) is 1. The fraction of sp³-hybridized carbons (Fsp3) is 0.500. The molecular weight excluding hydrogens is 525 g/mol. The number of nitriles is 1. The Balaban J connectivity index is 1.51. The normalized spacial score (nSPS) is 22.2. The first kappa shape index (κ1) is 26.5. The fourth-order valence-corrected chi connectivity index (χ4v) is 6.11. The van der Waals surface area contributed by atoms with Gasteiger partial charge in [0.25, 0.3) is 0 Å². The molecule has 10 nitrogen and oxygen atoms in total. The number of primary amides is 1. The van der Waals surface area contributed by atoms with E-state index in [1.807, 2.05) is 0 Å². The predicted molar refractivity (Wildman–Crippen MR) is 149 cm³/mol. The zero-order valence-electron chi connectivity index (χ0n) is 21.3. The maximum atomic E-state index is 11.8. The van der Waals surface area contributed by atoms with Crippen LogP contribution in [0.25, 0.3) is 11.2 Å². The summed E-state index contributed by atoms with van der Waals surface area (Å²) in [6.07, 6.45) is 6.83.